The first-order valence-corrected chi connectivity index (χ1v) is 8.92. The summed E-state index contributed by atoms with van der Waals surface area (Å²) >= 11 is 0. The molecule has 1 fully saturated rings. The summed E-state index contributed by atoms with van der Waals surface area (Å²) < 4.78 is 5.44. The van der Waals surface area contributed by atoms with Gasteiger partial charge in [-0.25, -0.2) is 14.8 Å². The van der Waals surface area contributed by atoms with Crippen LogP contribution in [0.1, 0.15) is 45.4 Å². The van der Waals surface area contributed by atoms with Gasteiger partial charge in [0, 0.05) is 30.8 Å². The number of amides is 1. The molecule has 6 nitrogen and oxygen atoms in total. The molecule has 0 bridgehead atoms. The summed E-state index contributed by atoms with van der Waals surface area (Å²) in [5.41, 5.74) is 1.30. The second-order valence-corrected chi connectivity index (χ2v) is 7.59. The van der Waals surface area contributed by atoms with Crippen LogP contribution in [-0.4, -0.2) is 44.8 Å². The third-order valence-electron chi connectivity index (χ3n) is 4.35. The molecule has 1 aromatic carbocycles. The van der Waals surface area contributed by atoms with Gasteiger partial charge < -0.3 is 14.7 Å². The number of nitrogens with zero attached hydrogens (tertiary/aromatic N) is 3. The number of likely N-dealkylation sites (tertiary alicyclic amines) is 1. The predicted octanol–water partition coefficient (Wildman–Crippen LogP) is 3.96. The first-order valence-electron chi connectivity index (χ1n) is 8.92. The number of carbonyl (C=O) groups is 1. The van der Waals surface area contributed by atoms with Crippen LogP contribution in [0.15, 0.2) is 36.5 Å². The van der Waals surface area contributed by atoms with Gasteiger partial charge in [-0.2, -0.15) is 0 Å². The number of phenols is 1. The molecule has 2 heterocycles. The molecule has 26 heavy (non-hydrogen) atoms. The second kappa shape index (κ2) is 7.32. The zero-order valence-corrected chi connectivity index (χ0v) is 15.5. The Morgan fingerprint density at radius 1 is 1.15 bits per heavy atom. The number of carbonyl (C=O) groups excluding carboxylic acids is 1. The number of hydrogen-bond acceptors (Lipinski definition) is 5. The molecule has 0 atom stereocenters. The first-order chi connectivity index (χ1) is 12.3. The lowest BCUT2D eigenvalue weighted by molar-refractivity contribution is 0.0203. The van der Waals surface area contributed by atoms with E-state index in [9.17, 15) is 9.90 Å². The van der Waals surface area contributed by atoms with E-state index in [2.05, 4.69) is 4.98 Å². The van der Waals surface area contributed by atoms with Crippen LogP contribution in [0.4, 0.5) is 4.79 Å². The van der Waals surface area contributed by atoms with Crippen molar-refractivity contribution in [3.63, 3.8) is 0 Å². The monoisotopic (exact) mass is 355 g/mol. The number of aromatic nitrogens is 2. The molecule has 1 N–H and O–H groups in total. The highest BCUT2D eigenvalue weighted by molar-refractivity contribution is 5.68. The quantitative estimate of drug-likeness (QED) is 0.882. The summed E-state index contributed by atoms with van der Waals surface area (Å²) in [7, 11) is 0. The SMILES string of the molecule is CC(C)(C)OC(=O)N1CCC(c2nccc(-c3ccc(O)cc3)n2)CC1. The zero-order chi connectivity index (χ0) is 18.7. The van der Waals surface area contributed by atoms with Gasteiger partial charge in [0.15, 0.2) is 0 Å². The maximum absolute atomic E-state index is 12.2. The molecule has 1 aliphatic heterocycles. The van der Waals surface area contributed by atoms with E-state index in [0.717, 1.165) is 29.9 Å². The molecule has 0 radical (unpaired) electrons. The molecule has 0 spiro atoms. The van der Waals surface area contributed by atoms with Crippen LogP contribution in [0, 0.1) is 0 Å². The average molecular weight is 355 g/mol. The Labute approximate surface area is 153 Å². The summed E-state index contributed by atoms with van der Waals surface area (Å²) in [6, 6.07) is 8.84. The van der Waals surface area contributed by atoms with Gasteiger partial charge in [-0.1, -0.05) is 0 Å². The van der Waals surface area contributed by atoms with E-state index < -0.39 is 5.60 Å². The molecule has 2 aromatic rings. The molecule has 0 saturated carbocycles. The van der Waals surface area contributed by atoms with Crippen LogP contribution in [0.5, 0.6) is 5.75 Å². The van der Waals surface area contributed by atoms with Crippen molar-refractivity contribution in [3.8, 4) is 17.0 Å². The minimum atomic E-state index is -0.477. The Kier molecular flexibility index (Phi) is 5.11. The van der Waals surface area contributed by atoms with Gasteiger partial charge in [-0.15, -0.1) is 0 Å². The topological polar surface area (TPSA) is 75.5 Å². The van der Waals surface area contributed by atoms with Crippen LogP contribution in [-0.2, 0) is 4.74 Å². The van der Waals surface area contributed by atoms with Gasteiger partial charge in [-0.3, -0.25) is 0 Å². The summed E-state index contributed by atoms with van der Waals surface area (Å²) in [6.07, 6.45) is 3.15. The Hall–Kier alpha value is -2.63. The third-order valence-corrected chi connectivity index (χ3v) is 4.35. The number of rotatable bonds is 2. The van der Waals surface area contributed by atoms with E-state index in [1.54, 1.807) is 23.2 Å². The van der Waals surface area contributed by atoms with Crippen LogP contribution in [0.25, 0.3) is 11.3 Å². The van der Waals surface area contributed by atoms with Crippen molar-refractivity contribution in [2.75, 3.05) is 13.1 Å². The lowest BCUT2D eigenvalue weighted by atomic mass is 9.96. The molecule has 138 valence electrons. The third kappa shape index (κ3) is 4.50. The molecular formula is C20H25N3O3. The first kappa shape index (κ1) is 18.2. The Morgan fingerprint density at radius 2 is 1.81 bits per heavy atom. The van der Waals surface area contributed by atoms with E-state index in [0.29, 0.717) is 13.1 Å². The number of piperidine rings is 1. The number of ether oxygens (including phenoxy) is 1. The number of aromatic hydroxyl groups is 1. The summed E-state index contributed by atoms with van der Waals surface area (Å²) in [6.45, 7) is 6.92. The highest BCUT2D eigenvalue weighted by Gasteiger charge is 2.28. The van der Waals surface area contributed by atoms with Crippen molar-refractivity contribution < 1.29 is 14.6 Å². The van der Waals surface area contributed by atoms with Gasteiger partial charge in [-0.05, 0) is 63.9 Å². The number of benzene rings is 1. The molecule has 3 rings (SSSR count). The summed E-state index contributed by atoms with van der Waals surface area (Å²) in [4.78, 5) is 23.1. The summed E-state index contributed by atoms with van der Waals surface area (Å²) in [5.74, 6) is 1.27. The van der Waals surface area contributed by atoms with E-state index in [4.69, 9.17) is 9.72 Å². The fourth-order valence-corrected chi connectivity index (χ4v) is 3.01. The lowest BCUT2D eigenvalue weighted by Gasteiger charge is -2.33. The summed E-state index contributed by atoms with van der Waals surface area (Å²) in [5, 5.41) is 9.43. The molecule has 0 unspecified atom stereocenters. The van der Waals surface area contributed by atoms with E-state index in [1.165, 1.54) is 0 Å². The zero-order valence-electron chi connectivity index (χ0n) is 15.5. The van der Waals surface area contributed by atoms with Crippen LogP contribution in [0.3, 0.4) is 0 Å². The number of phenolic OH excluding ortho intramolecular Hbond substituents is 1. The van der Waals surface area contributed by atoms with Crippen molar-refractivity contribution in [2.24, 2.45) is 0 Å². The number of hydrogen-bond donors (Lipinski definition) is 1. The smallest absolute Gasteiger partial charge is 0.410 e. The molecule has 1 saturated heterocycles. The highest BCUT2D eigenvalue weighted by Crippen LogP contribution is 2.28. The van der Waals surface area contributed by atoms with E-state index >= 15 is 0 Å². The Bertz CT molecular complexity index is 761. The van der Waals surface area contributed by atoms with Crippen LogP contribution >= 0.6 is 0 Å². The largest absolute Gasteiger partial charge is 0.508 e. The van der Waals surface area contributed by atoms with Gasteiger partial charge in [0.05, 0.1) is 5.69 Å². The van der Waals surface area contributed by atoms with Gasteiger partial charge in [0.2, 0.25) is 0 Å². The van der Waals surface area contributed by atoms with Crippen molar-refractivity contribution in [1.29, 1.82) is 0 Å². The molecule has 1 amide bonds. The van der Waals surface area contributed by atoms with Crippen LogP contribution in [0.2, 0.25) is 0 Å². The minimum absolute atomic E-state index is 0.228. The van der Waals surface area contributed by atoms with Gasteiger partial charge >= 0.3 is 6.09 Å². The average Bonchev–Trinajstić information content (AvgIpc) is 2.61. The molecular weight excluding hydrogens is 330 g/mol. The minimum Gasteiger partial charge on any atom is -0.508 e. The Balaban J connectivity index is 1.65. The van der Waals surface area contributed by atoms with E-state index in [1.807, 2.05) is 39.0 Å². The predicted molar refractivity (Wildman–Crippen MR) is 98.9 cm³/mol. The fourth-order valence-electron chi connectivity index (χ4n) is 3.01. The van der Waals surface area contributed by atoms with Gasteiger partial charge in [0.1, 0.15) is 17.2 Å². The maximum Gasteiger partial charge on any atom is 0.410 e. The fraction of sp³-hybridized carbons (Fsp3) is 0.450. The van der Waals surface area contributed by atoms with Crippen molar-refractivity contribution in [3.05, 3.63) is 42.4 Å². The van der Waals surface area contributed by atoms with Gasteiger partial charge in [0.25, 0.3) is 0 Å². The maximum atomic E-state index is 12.2. The normalized spacial score (nSPS) is 15.7. The van der Waals surface area contributed by atoms with Crippen molar-refractivity contribution in [2.45, 2.75) is 45.1 Å². The molecule has 0 aliphatic carbocycles. The highest BCUT2D eigenvalue weighted by atomic mass is 16.6. The molecule has 1 aliphatic rings. The van der Waals surface area contributed by atoms with E-state index in [-0.39, 0.29) is 17.8 Å². The van der Waals surface area contributed by atoms with Crippen molar-refractivity contribution in [1.82, 2.24) is 14.9 Å². The van der Waals surface area contributed by atoms with Crippen LogP contribution < -0.4 is 0 Å². The Morgan fingerprint density at radius 3 is 2.42 bits per heavy atom. The second-order valence-electron chi connectivity index (χ2n) is 7.59. The molecule has 1 aromatic heterocycles. The van der Waals surface area contributed by atoms with Crippen molar-refractivity contribution >= 4 is 6.09 Å². The lowest BCUT2D eigenvalue weighted by Crippen LogP contribution is -2.41. The standard InChI is InChI=1S/C20H25N3O3/c1-20(2,3)26-19(25)23-12-9-15(10-13-23)18-21-11-8-17(22-18)14-4-6-16(24)7-5-14/h4-8,11,15,24H,9-10,12-13H2,1-3H3. The molecule has 6 heteroatoms.